The van der Waals surface area contributed by atoms with Crippen LogP contribution in [0.15, 0.2) is 23.1 Å². The topological polar surface area (TPSA) is 63.2 Å². The molecular weight excluding hydrogens is 274 g/mol. The maximum atomic E-state index is 12.0. The van der Waals surface area contributed by atoms with Gasteiger partial charge in [-0.2, -0.15) is 0 Å². The second-order valence-electron chi connectivity index (χ2n) is 4.24. The molecule has 0 unspecified atom stereocenters. The minimum absolute atomic E-state index is 0.0153. The smallest absolute Gasteiger partial charge is 0.261 e. The predicted molar refractivity (Wildman–Crippen MR) is 71.5 cm³/mol. The van der Waals surface area contributed by atoms with Crippen LogP contribution in [0.5, 0.6) is 0 Å². The SMILES string of the molecule is CCc1ccc(S(=O)(=O)Cl)cc1C(=O)NC(C)C. The highest BCUT2D eigenvalue weighted by atomic mass is 35.7. The van der Waals surface area contributed by atoms with Crippen molar-refractivity contribution in [3.63, 3.8) is 0 Å². The van der Waals surface area contributed by atoms with Crippen molar-refractivity contribution in [3.8, 4) is 0 Å². The van der Waals surface area contributed by atoms with Gasteiger partial charge in [-0.05, 0) is 38.0 Å². The maximum absolute atomic E-state index is 12.0. The number of rotatable bonds is 4. The van der Waals surface area contributed by atoms with Crippen LogP contribution in [0, 0.1) is 0 Å². The van der Waals surface area contributed by atoms with E-state index in [4.69, 9.17) is 10.7 Å². The van der Waals surface area contributed by atoms with E-state index >= 15 is 0 Å². The van der Waals surface area contributed by atoms with Crippen molar-refractivity contribution >= 4 is 25.6 Å². The van der Waals surface area contributed by atoms with Crippen molar-refractivity contribution < 1.29 is 13.2 Å². The summed E-state index contributed by atoms with van der Waals surface area (Å²) in [5.41, 5.74) is 1.14. The molecule has 0 atom stereocenters. The zero-order valence-electron chi connectivity index (χ0n) is 10.5. The van der Waals surface area contributed by atoms with Crippen molar-refractivity contribution in [1.29, 1.82) is 0 Å². The molecule has 0 spiro atoms. The van der Waals surface area contributed by atoms with Gasteiger partial charge < -0.3 is 5.32 Å². The quantitative estimate of drug-likeness (QED) is 0.865. The Kier molecular flexibility index (Phi) is 4.76. The Morgan fingerprint density at radius 1 is 1.39 bits per heavy atom. The molecular formula is C12H16ClNO3S. The third kappa shape index (κ3) is 3.71. The van der Waals surface area contributed by atoms with Gasteiger partial charge in [-0.3, -0.25) is 4.79 Å². The number of hydrogen-bond donors (Lipinski definition) is 1. The number of aryl methyl sites for hydroxylation is 1. The van der Waals surface area contributed by atoms with Crippen LogP contribution in [0.1, 0.15) is 36.7 Å². The van der Waals surface area contributed by atoms with Gasteiger partial charge >= 0.3 is 0 Å². The van der Waals surface area contributed by atoms with Crippen molar-refractivity contribution in [2.24, 2.45) is 0 Å². The summed E-state index contributed by atoms with van der Waals surface area (Å²) in [5.74, 6) is -0.288. The van der Waals surface area contributed by atoms with Crippen LogP contribution in [-0.2, 0) is 15.5 Å². The zero-order chi connectivity index (χ0) is 13.9. The monoisotopic (exact) mass is 289 g/mol. The lowest BCUT2D eigenvalue weighted by Crippen LogP contribution is -2.30. The van der Waals surface area contributed by atoms with Crippen molar-refractivity contribution in [1.82, 2.24) is 5.32 Å². The Morgan fingerprint density at radius 3 is 2.44 bits per heavy atom. The molecule has 0 saturated carbocycles. The number of carbonyl (C=O) groups excluding carboxylic acids is 1. The van der Waals surface area contributed by atoms with Gasteiger partial charge in [0.2, 0.25) is 0 Å². The number of hydrogen-bond acceptors (Lipinski definition) is 3. The van der Waals surface area contributed by atoms with Gasteiger partial charge in [0.1, 0.15) is 0 Å². The summed E-state index contributed by atoms with van der Waals surface area (Å²) in [6, 6.07) is 4.33. The molecule has 0 saturated heterocycles. The van der Waals surface area contributed by atoms with Crippen molar-refractivity contribution in [3.05, 3.63) is 29.3 Å². The minimum Gasteiger partial charge on any atom is -0.350 e. The van der Waals surface area contributed by atoms with Crippen LogP contribution in [0.2, 0.25) is 0 Å². The molecule has 1 aromatic carbocycles. The average molecular weight is 290 g/mol. The summed E-state index contributed by atoms with van der Waals surface area (Å²) in [7, 11) is 1.46. The molecule has 1 rings (SSSR count). The van der Waals surface area contributed by atoms with E-state index in [0.29, 0.717) is 12.0 Å². The highest BCUT2D eigenvalue weighted by Gasteiger charge is 2.17. The van der Waals surface area contributed by atoms with Crippen LogP contribution < -0.4 is 5.32 Å². The summed E-state index contributed by atoms with van der Waals surface area (Å²) in [6.45, 7) is 5.58. The largest absolute Gasteiger partial charge is 0.350 e. The van der Waals surface area contributed by atoms with E-state index in [1.165, 1.54) is 12.1 Å². The fourth-order valence-corrected chi connectivity index (χ4v) is 2.34. The molecule has 0 radical (unpaired) electrons. The van der Waals surface area contributed by atoms with E-state index < -0.39 is 9.05 Å². The first-order chi connectivity index (χ1) is 8.25. The highest BCUT2D eigenvalue weighted by molar-refractivity contribution is 8.13. The lowest BCUT2D eigenvalue weighted by molar-refractivity contribution is 0.0942. The number of halogens is 1. The zero-order valence-corrected chi connectivity index (χ0v) is 12.1. The van der Waals surface area contributed by atoms with Gasteiger partial charge in [0.15, 0.2) is 0 Å². The lowest BCUT2D eigenvalue weighted by atomic mass is 10.0. The molecule has 0 aromatic heterocycles. The summed E-state index contributed by atoms with van der Waals surface area (Å²) in [5, 5.41) is 2.74. The van der Waals surface area contributed by atoms with Gasteiger partial charge in [0, 0.05) is 22.3 Å². The molecule has 0 aliphatic rings. The van der Waals surface area contributed by atoms with Crippen molar-refractivity contribution in [2.45, 2.75) is 38.1 Å². The van der Waals surface area contributed by atoms with E-state index in [9.17, 15) is 13.2 Å². The number of amides is 1. The first-order valence-electron chi connectivity index (χ1n) is 5.64. The van der Waals surface area contributed by atoms with Crippen LogP contribution in [0.4, 0.5) is 0 Å². The molecule has 0 aliphatic carbocycles. The minimum atomic E-state index is -3.82. The first-order valence-corrected chi connectivity index (χ1v) is 7.95. The van der Waals surface area contributed by atoms with E-state index in [0.717, 1.165) is 5.56 Å². The second-order valence-corrected chi connectivity index (χ2v) is 6.80. The van der Waals surface area contributed by atoms with Crippen LogP contribution in [0.3, 0.4) is 0 Å². The molecule has 0 heterocycles. The van der Waals surface area contributed by atoms with E-state index in [2.05, 4.69) is 5.32 Å². The summed E-state index contributed by atoms with van der Waals surface area (Å²) >= 11 is 0. The molecule has 1 amide bonds. The molecule has 18 heavy (non-hydrogen) atoms. The number of nitrogens with one attached hydrogen (secondary N) is 1. The molecule has 100 valence electrons. The van der Waals surface area contributed by atoms with E-state index in [1.54, 1.807) is 6.07 Å². The molecule has 4 nitrogen and oxygen atoms in total. The van der Waals surface area contributed by atoms with Gasteiger partial charge in [-0.1, -0.05) is 13.0 Å². The molecule has 6 heteroatoms. The summed E-state index contributed by atoms with van der Waals surface area (Å²) in [4.78, 5) is 11.9. The highest BCUT2D eigenvalue weighted by Crippen LogP contribution is 2.20. The van der Waals surface area contributed by atoms with Gasteiger partial charge in [-0.15, -0.1) is 0 Å². The standard InChI is InChI=1S/C12H16ClNO3S/c1-4-9-5-6-10(18(13,16)17)7-11(9)12(15)14-8(2)3/h5-8H,4H2,1-3H3,(H,14,15). The fraction of sp³-hybridized carbons (Fsp3) is 0.417. The molecule has 0 bridgehead atoms. The Balaban J connectivity index is 3.27. The molecule has 1 aromatic rings. The van der Waals surface area contributed by atoms with Gasteiger partial charge in [0.05, 0.1) is 4.90 Å². The fourth-order valence-electron chi connectivity index (χ4n) is 1.57. The average Bonchev–Trinajstić information content (AvgIpc) is 2.26. The van der Waals surface area contributed by atoms with E-state index in [-0.39, 0.29) is 16.8 Å². The third-order valence-corrected chi connectivity index (χ3v) is 3.76. The normalized spacial score (nSPS) is 11.6. The van der Waals surface area contributed by atoms with Crippen LogP contribution in [-0.4, -0.2) is 20.4 Å². The second kappa shape index (κ2) is 5.71. The van der Waals surface area contributed by atoms with Crippen LogP contribution in [0.25, 0.3) is 0 Å². The number of carbonyl (C=O) groups is 1. The Morgan fingerprint density at radius 2 is 2.00 bits per heavy atom. The first kappa shape index (κ1) is 15.0. The van der Waals surface area contributed by atoms with Crippen molar-refractivity contribution in [2.75, 3.05) is 0 Å². The summed E-state index contributed by atoms with van der Waals surface area (Å²) < 4.78 is 22.5. The molecule has 1 N–H and O–H groups in total. The van der Waals surface area contributed by atoms with E-state index in [1.807, 2.05) is 20.8 Å². The Labute approximate surface area is 112 Å². The molecule has 0 aliphatic heterocycles. The Hall–Kier alpha value is -1.07. The van der Waals surface area contributed by atoms with Gasteiger partial charge in [-0.25, -0.2) is 8.42 Å². The number of benzene rings is 1. The molecule has 0 fully saturated rings. The third-order valence-electron chi connectivity index (χ3n) is 2.41. The lowest BCUT2D eigenvalue weighted by Gasteiger charge is -2.12. The maximum Gasteiger partial charge on any atom is 0.261 e. The summed E-state index contributed by atoms with van der Waals surface area (Å²) in [6.07, 6.45) is 0.642. The predicted octanol–water partition coefficient (Wildman–Crippen LogP) is 2.31. The van der Waals surface area contributed by atoms with Crippen LogP contribution >= 0.6 is 10.7 Å². The Bertz CT molecular complexity index is 552. The van der Waals surface area contributed by atoms with Gasteiger partial charge in [0.25, 0.3) is 15.0 Å².